The van der Waals surface area contributed by atoms with E-state index >= 15 is 0 Å². The van der Waals surface area contributed by atoms with Gasteiger partial charge in [0.2, 0.25) is 0 Å². The second-order valence-corrected chi connectivity index (χ2v) is 3.69. The van der Waals surface area contributed by atoms with E-state index in [0.717, 1.165) is 11.3 Å². The fourth-order valence-corrected chi connectivity index (χ4v) is 1.38. The molecule has 0 atom stereocenters. The highest BCUT2D eigenvalue weighted by Gasteiger charge is 2.13. The number of anilines is 1. The molecule has 6 heteroatoms. The Hall–Kier alpha value is -2.37. The Morgan fingerprint density at radius 2 is 2.18 bits per heavy atom. The zero-order chi connectivity index (χ0) is 12.4. The second kappa shape index (κ2) is 4.25. The molecule has 0 saturated carbocycles. The van der Waals surface area contributed by atoms with Crippen LogP contribution in [-0.2, 0) is 0 Å². The van der Waals surface area contributed by atoms with Gasteiger partial charge in [0.05, 0.1) is 0 Å². The Bertz CT molecular complexity index is 612. The topological polar surface area (TPSA) is 90.6 Å². The number of amides is 1. The zero-order valence-electron chi connectivity index (χ0n) is 9.50. The van der Waals surface area contributed by atoms with Crippen molar-refractivity contribution in [2.24, 2.45) is 0 Å². The number of rotatable bonds is 2. The lowest BCUT2D eigenvalue weighted by molar-refractivity contribution is 0.102. The van der Waals surface area contributed by atoms with Gasteiger partial charge in [0.15, 0.2) is 5.82 Å². The number of carbonyl (C=O) groups excluding carboxylic acids is 1. The molecule has 3 N–H and O–H groups in total. The van der Waals surface area contributed by atoms with Crippen molar-refractivity contribution in [3.63, 3.8) is 0 Å². The Morgan fingerprint density at radius 3 is 2.76 bits per heavy atom. The first-order valence-electron chi connectivity index (χ1n) is 5.10. The van der Waals surface area contributed by atoms with Crippen LogP contribution in [0.25, 0.3) is 0 Å². The van der Waals surface area contributed by atoms with E-state index in [0.29, 0.717) is 5.82 Å². The molecule has 0 aliphatic rings. The van der Waals surface area contributed by atoms with Crippen molar-refractivity contribution in [3.8, 4) is 0 Å². The van der Waals surface area contributed by atoms with Gasteiger partial charge in [-0.25, -0.2) is 0 Å². The fourth-order valence-electron chi connectivity index (χ4n) is 1.38. The van der Waals surface area contributed by atoms with Crippen LogP contribution in [0.1, 0.15) is 21.6 Å². The van der Waals surface area contributed by atoms with Crippen molar-refractivity contribution in [2.75, 3.05) is 5.32 Å². The molecule has 2 rings (SSSR count). The second-order valence-electron chi connectivity index (χ2n) is 3.69. The smallest absolute Gasteiger partial charge is 0.262 e. The van der Waals surface area contributed by atoms with Gasteiger partial charge in [-0.15, -0.1) is 0 Å². The Labute approximate surface area is 97.1 Å². The van der Waals surface area contributed by atoms with E-state index in [-0.39, 0.29) is 5.56 Å². The summed E-state index contributed by atoms with van der Waals surface area (Å²) < 4.78 is 0. The molecule has 0 radical (unpaired) electrons. The predicted molar refractivity (Wildman–Crippen MR) is 63.1 cm³/mol. The summed E-state index contributed by atoms with van der Waals surface area (Å²) in [6.07, 6.45) is 1.48. The minimum Gasteiger partial charge on any atom is -0.328 e. The highest BCUT2D eigenvalue weighted by molar-refractivity contribution is 6.03. The summed E-state index contributed by atoms with van der Waals surface area (Å²) in [7, 11) is 0. The average molecular weight is 232 g/mol. The number of H-pyrrole nitrogens is 2. The molecular weight excluding hydrogens is 220 g/mol. The summed E-state index contributed by atoms with van der Waals surface area (Å²) in [5, 5.41) is 9.29. The normalized spacial score (nSPS) is 10.2. The van der Waals surface area contributed by atoms with Crippen molar-refractivity contribution >= 4 is 11.7 Å². The highest BCUT2D eigenvalue weighted by Crippen LogP contribution is 2.14. The average Bonchev–Trinajstić information content (AvgIpc) is 2.61. The lowest BCUT2D eigenvalue weighted by Crippen LogP contribution is -2.22. The third-order valence-corrected chi connectivity index (χ3v) is 2.55. The van der Waals surface area contributed by atoms with Crippen molar-refractivity contribution < 1.29 is 4.79 Å². The first kappa shape index (κ1) is 11.1. The van der Waals surface area contributed by atoms with Crippen molar-refractivity contribution in [2.45, 2.75) is 13.8 Å². The van der Waals surface area contributed by atoms with Crippen LogP contribution < -0.4 is 10.9 Å². The Balaban J connectivity index is 2.27. The summed E-state index contributed by atoms with van der Waals surface area (Å²) in [6.45, 7) is 3.69. The molecular formula is C11H12N4O2. The van der Waals surface area contributed by atoms with Crippen LogP contribution in [0.5, 0.6) is 0 Å². The molecule has 0 fully saturated rings. The Morgan fingerprint density at radius 1 is 1.41 bits per heavy atom. The number of nitrogens with one attached hydrogen (secondary N) is 3. The van der Waals surface area contributed by atoms with E-state index in [2.05, 4.69) is 20.5 Å². The Kier molecular flexibility index (Phi) is 2.78. The minimum atomic E-state index is -0.471. The molecule has 1 amide bonds. The van der Waals surface area contributed by atoms with Crippen LogP contribution in [0, 0.1) is 13.8 Å². The van der Waals surface area contributed by atoms with Gasteiger partial charge in [0.1, 0.15) is 5.56 Å². The predicted octanol–water partition coefficient (Wildman–Crippen LogP) is 0.967. The maximum Gasteiger partial charge on any atom is 0.262 e. The summed E-state index contributed by atoms with van der Waals surface area (Å²) in [4.78, 5) is 25.6. The number of hydrogen-bond donors (Lipinski definition) is 3. The van der Waals surface area contributed by atoms with Crippen molar-refractivity contribution in [1.82, 2.24) is 15.2 Å². The molecule has 88 valence electrons. The van der Waals surface area contributed by atoms with E-state index in [9.17, 15) is 9.59 Å². The monoisotopic (exact) mass is 232 g/mol. The van der Waals surface area contributed by atoms with Gasteiger partial charge >= 0.3 is 0 Å². The lowest BCUT2D eigenvalue weighted by Gasteiger charge is -2.01. The molecule has 0 aromatic carbocycles. The van der Waals surface area contributed by atoms with Crippen LogP contribution in [-0.4, -0.2) is 21.1 Å². The van der Waals surface area contributed by atoms with E-state index < -0.39 is 11.5 Å². The summed E-state index contributed by atoms with van der Waals surface area (Å²) in [6, 6.07) is 3.06. The first-order valence-corrected chi connectivity index (χ1v) is 5.10. The number of carbonyl (C=O) groups is 1. The van der Waals surface area contributed by atoms with E-state index in [1.807, 2.05) is 13.8 Å². The van der Waals surface area contributed by atoms with E-state index in [4.69, 9.17) is 0 Å². The van der Waals surface area contributed by atoms with Crippen LogP contribution in [0.3, 0.4) is 0 Å². The number of nitrogens with zero attached hydrogens (tertiary/aromatic N) is 1. The fraction of sp³-hybridized carbons (Fsp3) is 0.182. The summed E-state index contributed by atoms with van der Waals surface area (Å²) in [5.74, 6) is -0.0304. The number of aryl methyl sites for hydroxylation is 1. The van der Waals surface area contributed by atoms with E-state index in [1.165, 1.54) is 12.3 Å². The van der Waals surface area contributed by atoms with Crippen LogP contribution in [0.2, 0.25) is 0 Å². The largest absolute Gasteiger partial charge is 0.328 e. The van der Waals surface area contributed by atoms with Gasteiger partial charge in [-0.05, 0) is 26.0 Å². The van der Waals surface area contributed by atoms with Gasteiger partial charge in [0.25, 0.3) is 11.5 Å². The third-order valence-electron chi connectivity index (χ3n) is 2.55. The molecule has 2 aromatic heterocycles. The summed E-state index contributed by atoms with van der Waals surface area (Å²) >= 11 is 0. The molecule has 0 aliphatic heterocycles. The number of hydrogen-bond acceptors (Lipinski definition) is 3. The zero-order valence-corrected chi connectivity index (χ0v) is 9.50. The van der Waals surface area contributed by atoms with Gasteiger partial charge in [-0.2, -0.15) is 5.10 Å². The maximum atomic E-state index is 11.8. The molecule has 2 aromatic rings. The standard InChI is InChI=1S/C11H12N4O2/c1-6-7(2)14-15-9(6)13-11(17)8-4-3-5-12-10(8)16/h3-5H,1-2H3,(H,12,16)(H2,13,14,15,17). The first-order chi connectivity index (χ1) is 8.09. The maximum absolute atomic E-state index is 11.8. The highest BCUT2D eigenvalue weighted by atomic mass is 16.2. The van der Waals surface area contributed by atoms with E-state index in [1.54, 1.807) is 6.07 Å². The quantitative estimate of drug-likeness (QED) is 0.720. The SMILES string of the molecule is Cc1[nH]nc(NC(=O)c2ccc[nH]c2=O)c1C. The number of aromatic amines is 2. The molecule has 0 saturated heterocycles. The van der Waals surface area contributed by atoms with Crippen LogP contribution in [0.15, 0.2) is 23.1 Å². The summed E-state index contributed by atoms with van der Waals surface area (Å²) in [5.41, 5.74) is 1.37. The molecule has 17 heavy (non-hydrogen) atoms. The third kappa shape index (κ3) is 2.10. The number of aromatic nitrogens is 3. The molecule has 0 aliphatic carbocycles. The molecule has 0 bridgehead atoms. The molecule has 6 nitrogen and oxygen atoms in total. The molecule has 2 heterocycles. The van der Waals surface area contributed by atoms with Crippen LogP contribution in [0.4, 0.5) is 5.82 Å². The van der Waals surface area contributed by atoms with Gasteiger partial charge in [-0.1, -0.05) is 0 Å². The minimum absolute atomic E-state index is 0.0625. The number of pyridine rings is 1. The van der Waals surface area contributed by atoms with Crippen molar-refractivity contribution in [3.05, 3.63) is 45.5 Å². The molecule has 0 spiro atoms. The van der Waals surface area contributed by atoms with Gasteiger partial charge in [-0.3, -0.25) is 14.7 Å². The van der Waals surface area contributed by atoms with Gasteiger partial charge in [0, 0.05) is 17.5 Å². The lowest BCUT2D eigenvalue weighted by atomic mass is 10.2. The molecule has 0 unspecified atom stereocenters. The van der Waals surface area contributed by atoms with Crippen LogP contribution >= 0.6 is 0 Å². The van der Waals surface area contributed by atoms with Gasteiger partial charge < -0.3 is 10.3 Å². The van der Waals surface area contributed by atoms with Crippen molar-refractivity contribution in [1.29, 1.82) is 0 Å².